The van der Waals surface area contributed by atoms with Gasteiger partial charge in [-0.1, -0.05) is 18.2 Å². The highest BCUT2D eigenvalue weighted by Crippen LogP contribution is 2.25. The third-order valence-electron chi connectivity index (χ3n) is 4.29. The predicted octanol–water partition coefficient (Wildman–Crippen LogP) is 4.25. The van der Waals surface area contributed by atoms with Gasteiger partial charge < -0.3 is 15.1 Å². The summed E-state index contributed by atoms with van der Waals surface area (Å²) in [7, 11) is 1.97. The van der Waals surface area contributed by atoms with E-state index < -0.39 is 0 Å². The maximum absolute atomic E-state index is 13.0. The van der Waals surface area contributed by atoms with Gasteiger partial charge in [-0.15, -0.1) is 0 Å². The van der Waals surface area contributed by atoms with Crippen LogP contribution in [0.15, 0.2) is 48.5 Å². The van der Waals surface area contributed by atoms with Crippen LogP contribution in [0.5, 0.6) is 0 Å². The fraction of sp³-hybridized carbons (Fsp3) is 0.316. The van der Waals surface area contributed by atoms with Gasteiger partial charge in [0.05, 0.1) is 0 Å². The molecule has 2 aromatic rings. The third-order valence-corrected chi connectivity index (χ3v) is 4.70. The number of nitrogens with zero attached hydrogens (tertiary/aromatic N) is 2. The molecule has 3 nitrogen and oxygen atoms in total. The van der Waals surface area contributed by atoms with Crippen molar-refractivity contribution in [3.05, 3.63) is 59.9 Å². The van der Waals surface area contributed by atoms with Crippen LogP contribution in [0.3, 0.4) is 0 Å². The standard InChI is InChI=1S/C19H22FN3S/c1-22(19(24)21-17-10-8-16(20)9-11-17)14-15-6-2-3-7-18(15)23-12-4-5-13-23/h2-3,6-11H,4-5,12-14H2,1H3,(H,21,24). The minimum Gasteiger partial charge on any atom is -0.371 e. The first-order chi connectivity index (χ1) is 11.6. The Balaban J connectivity index is 1.66. The van der Waals surface area contributed by atoms with E-state index in [1.54, 1.807) is 12.1 Å². The lowest BCUT2D eigenvalue weighted by Gasteiger charge is -2.26. The van der Waals surface area contributed by atoms with Crippen molar-refractivity contribution in [2.24, 2.45) is 0 Å². The van der Waals surface area contributed by atoms with Gasteiger partial charge in [0.15, 0.2) is 5.11 Å². The van der Waals surface area contributed by atoms with Gasteiger partial charge in [-0.2, -0.15) is 0 Å². The fourth-order valence-corrected chi connectivity index (χ4v) is 3.17. The molecule has 2 aromatic carbocycles. The van der Waals surface area contributed by atoms with Gasteiger partial charge in [0.1, 0.15) is 5.82 Å². The van der Waals surface area contributed by atoms with Gasteiger partial charge in [-0.3, -0.25) is 0 Å². The number of hydrogen-bond acceptors (Lipinski definition) is 2. The molecule has 5 heteroatoms. The molecule has 0 amide bonds. The van der Waals surface area contributed by atoms with Crippen molar-refractivity contribution in [2.75, 3.05) is 30.4 Å². The quantitative estimate of drug-likeness (QED) is 0.836. The van der Waals surface area contributed by atoms with E-state index in [1.807, 2.05) is 11.9 Å². The highest BCUT2D eigenvalue weighted by atomic mass is 32.1. The molecule has 0 bridgehead atoms. The van der Waals surface area contributed by atoms with E-state index in [0.29, 0.717) is 5.11 Å². The highest BCUT2D eigenvalue weighted by molar-refractivity contribution is 7.80. The fourth-order valence-electron chi connectivity index (χ4n) is 2.99. The van der Waals surface area contributed by atoms with Gasteiger partial charge >= 0.3 is 0 Å². The zero-order valence-corrected chi connectivity index (χ0v) is 14.7. The summed E-state index contributed by atoms with van der Waals surface area (Å²) in [5.74, 6) is -0.251. The number of nitrogens with one attached hydrogen (secondary N) is 1. The van der Waals surface area contributed by atoms with Crippen LogP contribution in [-0.4, -0.2) is 30.1 Å². The van der Waals surface area contributed by atoms with E-state index in [0.717, 1.165) is 25.3 Å². The van der Waals surface area contributed by atoms with Crippen LogP contribution in [0, 0.1) is 5.82 Å². The molecule has 0 atom stereocenters. The summed E-state index contributed by atoms with van der Waals surface area (Å²) in [4.78, 5) is 4.45. The first-order valence-corrected chi connectivity index (χ1v) is 8.65. The van der Waals surface area contributed by atoms with Gasteiger partial charge in [-0.05, 0) is 61.0 Å². The molecule has 0 unspecified atom stereocenters. The molecule has 0 aromatic heterocycles. The Morgan fingerprint density at radius 1 is 1.12 bits per heavy atom. The van der Waals surface area contributed by atoms with Crippen LogP contribution >= 0.6 is 12.2 Å². The van der Waals surface area contributed by atoms with Crippen molar-refractivity contribution in [3.8, 4) is 0 Å². The number of benzene rings is 2. The van der Waals surface area contributed by atoms with E-state index in [9.17, 15) is 4.39 Å². The second-order valence-corrected chi connectivity index (χ2v) is 6.50. The zero-order chi connectivity index (χ0) is 16.9. The topological polar surface area (TPSA) is 18.5 Å². The van der Waals surface area contributed by atoms with Crippen molar-refractivity contribution in [1.29, 1.82) is 0 Å². The van der Waals surface area contributed by atoms with Crippen LogP contribution in [0.2, 0.25) is 0 Å². The van der Waals surface area contributed by atoms with E-state index in [2.05, 4.69) is 34.5 Å². The SMILES string of the molecule is CN(Cc1ccccc1N1CCCC1)C(=S)Nc1ccc(F)cc1. The van der Waals surface area contributed by atoms with Crippen LogP contribution in [0.1, 0.15) is 18.4 Å². The summed E-state index contributed by atoms with van der Waals surface area (Å²) in [6.07, 6.45) is 2.52. The minimum atomic E-state index is -0.251. The van der Waals surface area contributed by atoms with E-state index in [1.165, 1.54) is 36.2 Å². The summed E-state index contributed by atoms with van der Waals surface area (Å²) in [5, 5.41) is 3.78. The maximum atomic E-state index is 13.0. The first-order valence-electron chi connectivity index (χ1n) is 8.24. The van der Waals surface area contributed by atoms with Gasteiger partial charge in [0.25, 0.3) is 0 Å². The molecule has 1 fully saturated rings. The molecule has 0 radical (unpaired) electrons. The van der Waals surface area contributed by atoms with Gasteiger partial charge in [0, 0.05) is 38.1 Å². The highest BCUT2D eigenvalue weighted by Gasteiger charge is 2.16. The zero-order valence-electron chi connectivity index (χ0n) is 13.8. The summed E-state index contributed by atoms with van der Waals surface area (Å²) in [5.41, 5.74) is 3.36. The number of rotatable bonds is 4. The molecular formula is C19H22FN3S. The van der Waals surface area contributed by atoms with Crippen molar-refractivity contribution in [3.63, 3.8) is 0 Å². The summed E-state index contributed by atoms with van der Waals surface area (Å²) in [6, 6.07) is 14.7. The van der Waals surface area contributed by atoms with E-state index in [4.69, 9.17) is 12.2 Å². The van der Waals surface area contributed by atoms with Crippen molar-refractivity contribution < 1.29 is 4.39 Å². The second kappa shape index (κ2) is 7.62. The molecule has 0 spiro atoms. The molecular weight excluding hydrogens is 321 g/mol. The molecule has 0 aliphatic carbocycles. The Morgan fingerprint density at radius 2 is 1.79 bits per heavy atom. The molecule has 1 aliphatic rings. The lowest BCUT2D eigenvalue weighted by molar-refractivity contribution is 0.508. The average Bonchev–Trinajstić information content (AvgIpc) is 3.11. The van der Waals surface area contributed by atoms with Crippen LogP contribution in [0.25, 0.3) is 0 Å². The third kappa shape index (κ3) is 4.03. The van der Waals surface area contributed by atoms with E-state index >= 15 is 0 Å². The van der Waals surface area contributed by atoms with Gasteiger partial charge in [-0.25, -0.2) is 4.39 Å². The Labute approximate surface area is 148 Å². The molecule has 1 aliphatic heterocycles. The molecule has 1 saturated heterocycles. The monoisotopic (exact) mass is 343 g/mol. The maximum Gasteiger partial charge on any atom is 0.173 e. The second-order valence-electron chi connectivity index (χ2n) is 6.12. The molecule has 3 rings (SSSR count). The average molecular weight is 343 g/mol. The normalized spacial score (nSPS) is 13.8. The molecule has 24 heavy (non-hydrogen) atoms. The summed E-state index contributed by atoms with van der Waals surface area (Å²) < 4.78 is 13.0. The smallest absolute Gasteiger partial charge is 0.173 e. The molecule has 0 saturated carbocycles. The molecule has 126 valence electrons. The number of para-hydroxylation sites is 1. The Bertz CT molecular complexity index is 696. The largest absolute Gasteiger partial charge is 0.371 e. The molecule has 1 heterocycles. The molecule has 1 N–H and O–H groups in total. The lowest BCUT2D eigenvalue weighted by atomic mass is 10.1. The Morgan fingerprint density at radius 3 is 2.50 bits per heavy atom. The number of thiocarbonyl (C=S) groups is 1. The van der Waals surface area contributed by atoms with E-state index in [-0.39, 0.29) is 5.82 Å². The van der Waals surface area contributed by atoms with Crippen molar-refractivity contribution >= 4 is 28.7 Å². The van der Waals surface area contributed by atoms with Crippen LogP contribution in [0.4, 0.5) is 15.8 Å². The number of anilines is 2. The van der Waals surface area contributed by atoms with Crippen molar-refractivity contribution in [1.82, 2.24) is 4.90 Å². The lowest BCUT2D eigenvalue weighted by Crippen LogP contribution is -2.31. The Hall–Kier alpha value is -2.14. The Kier molecular flexibility index (Phi) is 5.30. The van der Waals surface area contributed by atoms with Crippen LogP contribution < -0.4 is 10.2 Å². The van der Waals surface area contributed by atoms with Crippen molar-refractivity contribution in [2.45, 2.75) is 19.4 Å². The minimum absolute atomic E-state index is 0.251. The summed E-state index contributed by atoms with van der Waals surface area (Å²) >= 11 is 5.48. The number of halogens is 1. The predicted molar refractivity (Wildman–Crippen MR) is 102 cm³/mol. The van der Waals surface area contributed by atoms with Crippen LogP contribution in [-0.2, 0) is 6.54 Å². The van der Waals surface area contributed by atoms with Gasteiger partial charge in [0.2, 0.25) is 0 Å². The number of hydrogen-bond donors (Lipinski definition) is 1. The first kappa shape index (κ1) is 16.7. The summed E-state index contributed by atoms with van der Waals surface area (Å²) in [6.45, 7) is 2.98.